The maximum atomic E-state index is 11.9. The Morgan fingerprint density at radius 2 is 1.80 bits per heavy atom. The highest BCUT2D eigenvalue weighted by Gasteiger charge is 2.61. The van der Waals surface area contributed by atoms with Crippen molar-refractivity contribution in [2.24, 2.45) is 0 Å². The molecule has 0 saturated carbocycles. The summed E-state index contributed by atoms with van der Waals surface area (Å²) in [6, 6.07) is 0. The van der Waals surface area contributed by atoms with Crippen molar-refractivity contribution in [2.75, 3.05) is 26.2 Å². The number of carbonyl (C=O) groups is 1. The molecular weight excluding hydrogens is 256 g/mol. The van der Waals surface area contributed by atoms with E-state index in [2.05, 4.69) is 24.1 Å². The molecule has 1 aliphatic rings. The van der Waals surface area contributed by atoms with Gasteiger partial charge in [0.05, 0.1) is 11.2 Å². The number of nitrogens with one attached hydrogen (secondary N) is 1. The Balaban J connectivity index is 2.81. The highest BCUT2D eigenvalue weighted by Crippen LogP contribution is 2.45. The molecule has 5 heteroatoms. The average Bonchev–Trinajstić information content (AvgIpc) is 2.50. The Hall–Kier alpha value is -0.650. The van der Waals surface area contributed by atoms with Crippen LogP contribution in [0.1, 0.15) is 48.0 Å². The zero-order valence-corrected chi connectivity index (χ0v) is 13.7. The monoisotopic (exact) mass is 286 g/mol. The van der Waals surface area contributed by atoms with Crippen molar-refractivity contribution in [3.05, 3.63) is 0 Å². The lowest BCUT2D eigenvalue weighted by molar-refractivity contribution is -0.153. The normalized spacial score (nSPS) is 27.9. The average molecular weight is 286 g/mol. The summed E-state index contributed by atoms with van der Waals surface area (Å²) in [5, 5.41) is 13.0. The van der Waals surface area contributed by atoms with Crippen LogP contribution in [-0.2, 0) is 9.53 Å². The van der Waals surface area contributed by atoms with Crippen LogP contribution in [0.15, 0.2) is 0 Å². The molecule has 0 bridgehead atoms. The number of ether oxygens (including phenoxy) is 1. The molecule has 1 heterocycles. The Morgan fingerprint density at radius 3 is 2.15 bits per heavy atom. The van der Waals surface area contributed by atoms with Crippen molar-refractivity contribution in [1.82, 2.24) is 10.2 Å². The number of carboxylic acids is 1. The standard InChI is InChI=1S/C15H30N2O3/c1-7-17(8-2)10-9-16-15(12(18)19)11-13(3,4)20-14(15,5)6/h16H,7-11H2,1-6H3,(H,18,19). The summed E-state index contributed by atoms with van der Waals surface area (Å²) in [6.45, 7) is 15.3. The zero-order chi connectivity index (χ0) is 15.6. The van der Waals surface area contributed by atoms with Gasteiger partial charge in [0, 0.05) is 19.5 Å². The minimum atomic E-state index is -1.02. The zero-order valence-electron chi connectivity index (χ0n) is 13.7. The molecule has 118 valence electrons. The molecule has 0 radical (unpaired) electrons. The van der Waals surface area contributed by atoms with Crippen LogP contribution in [0, 0.1) is 0 Å². The van der Waals surface area contributed by atoms with E-state index in [1.807, 2.05) is 27.7 Å². The fraction of sp³-hybridized carbons (Fsp3) is 0.933. The van der Waals surface area contributed by atoms with Crippen LogP contribution in [0.5, 0.6) is 0 Å². The quantitative estimate of drug-likeness (QED) is 0.746. The van der Waals surface area contributed by atoms with E-state index in [0.717, 1.165) is 19.6 Å². The van der Waals surface area contributed by atoms with Crippen LogP contribution in [0.3, 0.4) is 0 Å². The van der Waals surface area contributed by atoms with E-state index in [1.54, 1.807) is 0 Å². The molecule has 1 unspecified atom stereocenters. The Kier molecular flexibility index (Phi) is 5.22. The second-order valence-corrected chi connectivity index (χ2v) is 6.71. The molecule has 0 aromatic carbocycles. The predicted octanol–water partition coefficient (Wildman–Crippen LogP) is 1.72. The molecule has 1 atom stereocenters. The number of nitrogens with zero attached hydrogens (tertiary/aromatic N) is 1. The fourth-order valence-electron chi connectivity index (χ4n) is 3.32. The number of likely N-dealkylation sites (N-methyl/N-ethyl adjacent to an activating group) is 1. The van der Waals surface area contributed by atoms with Gasteiger partial charge in [0.1, 0.15) is 5.54 Å². The van der Waals surface area contributed by atoms with E-state index in [1.165, 1.54) is 0 Å². The molecule has 0 aliphatic carbocycles. The van der Waals surface area contributed by atoms with Gasteiger partial charge in [-0.25, -0.2) is 0 Å². The summed E-state index contributed by atoms with van der Waals surface area (Å²) in [7, 11) is 0. The number of hydrogen-bond donors (Lipinski definition) is 2. The molecule has 1 saturated heterocycles. The first kappa shape index (κ1) is 17.4. The molecule has 1 fully saturated rings. The molecular formula is C15H30N2O3. The first-order valence-electron chi connectivity index (χ1n) is 7.51. The maximum absolute atomic E-state index is 11.9. The van der Waals surface area contributed by atoms with E-state index in [-0.39, 0.29) is 0 Å². The third kappa shape index (κ3) is 3.32. The van der Waals surface area contributed by atoms with Crippen LogP contribution < -0.4 is 5.32 Å². The van der Waals surface area contributed by atoms with E-state index in [0.29, 0.717) is 13.0 Å². The SMILES string of the molecule is CCN(CC)CCNC1(C(=O)O)CC(C)(C)OC1(C)C. The van der Waals surface area contributed by atoms with E-state index in [9.17, 15) is 9.90 Å². The van der Waals surface area contributed by atoms with Gasteiger partial charge >= 0.3 is 5.97 Å². The minimum absolute atomic E-state index is 0.426. The fourth-order valence-corrected chi connectivity index (χ4v) is 3.32. The van der Waals surface area contributed by atoms with Gasteiger partial charge in [-0.2, -0.15) is 0 Å². The van der Waals surface area contributed by atoms with Crippen LogP contribution in [0.4, 0.5) is 0 Å². The highest BCUT2D eigenvalue weighted by atomic mass is 16.5. The smallest absolute Gasteiger partial charge is 0.327 e. The second-order valence-electron chi connectivity index (χ2n) is 6.71. The second kappa shape index (κ2) is 6.00. The molecule has 20 heavy (non-hydrogen) atoms. The summed E-state index contributed by atoms with van der Waals surface area (Å²) in [6.07, 6.45) is 0.473. The topological polar surface area (TPSA) is 61.8 Å². The lowest BCUT2D eigenvalue weighted by Crippen LogP contribution is -2.63. The van der Waals surface area contributed by atoms with Crippen molar-refractivity contribution in [3.63, 3.8) is 0 Å². The predicted molar refractivity (Wildman–Crippen MR) is 80.0 cm³/mol. The first-order chi connectivity index (χ1) is 9.10. The summed E-state index contributed by atoms with van der Waals surface area (Å²) < 4.78 is 5.97. The third-order valence-corrected chi connectivity index (χ3v) is 4.36. The number of carboxylic acid groups (broad SMARTS) is 1. The maximum Gasteiger partial charge on any atom is 0.327 e. The lowest BCUT2D eigenvalue weighted by atomic mass is 9.79. The van der Waals surface area contributed by atoms with Gasteiger partial charge in [-0.1, -0.05) is 13.8 Å². The van der Waals surface area contributed by atoms with Crippen LogP contribution >= 0.6 is 0 Å². The summed E-state index contributed by atoms with van der Waals surface area (Å²) in [5.41, 5.74) is -2.18. The van der Waals surface area contributed by atoms with Crippen molar-refractivity contribution < 1.29 is 14.6 Å². The third-order valence-electron chi connectivity index (χ3n) is 4.36. The number of hydrogen-bond acceptors (Lipinski definition) is 4. The van der Waals surface area contributed by atoms with Gasteiger partial charge in [-0.05, 0) is 40.8 Å². The van der Waals surface area contributed by atoms with Crippen LogP contribution in [0.2, 0.25) is 0 Å². The lowest BCUT2D eigenvalue weighted by Gasteiger charge is -2.37. The van der Waals surface area contributed by atoms with E-state index in [4.69, 9.17) is 4.74 Å². The minimum Gasteiger partial charge on any atom is -0.480 e. The molecule has 0 spiro atoms. The van der Waals surface area contributed by atoms with Crippen molar-refractivity contribution in [2.45, 2.75) is 64.7 Å². The Bertz CT molecular complexity index is 351. The van der Waals surface area contributed by atoms with Gasteiger partial charge in [0.15, 0.2) is 0 Å². The molecule has 0 aromatic rings. The van der Waals surface area contributed by atoms with E-state index >= 15 is 0 Å². The van der Waals surface area contributed by atoms with Crippen LogP contribution in [-0.4, -0.2) is 58.9 Å². The van der Waals surface area contributed by atoms with Gasteiger partial charge in [-0.15, -0.1) is 0 Å². The molecule has 0 aromatic heterocycles. The van der Waals surface area contributed by atoms with Gasteiger partial charge in [-0.3, -0.25) is 10.1 Å². The van der Waals surface area contributed by atoms with Crippen LogP contribution in [0.25, 0.3) is 0 Å². The Labute approximate surface area is 122 Å². The molecule has 1 rings (SSSR count). The summed E-state index contributed by atoms with van der Waals surface area (Å²) >= 11 is 0. The van der Waals surface area contributed by atoms with E-state index < -0.39 is 22.7 Å². The number of aliphatic carboxylic acids is 1. The first-order valence-corrected chi connectivity index (χ1v) is 7.51. The van der Waals surface area contributed by atoms with Gasteiger partial charge in [0.25, 0.3) is 0 Å². The summed E-state index contributed by atoms with van der Waals surface area (Å²) in [5.74, 6) is -0.826. The highest BCUT2D eigenvalue weighted by molar-refractivity contribution is 5.81. The van der Waals surface area contributed by atoms with Crippen molar-refractivity contribution in [3.8, 4) is 0 Å². The molecule has 0 amide bonds. The van der Waals surface area contributed by atoms with Crippen molar-refractivity contribution in [1.29, 1.82) is 0 Å². The molecule has 1 aliphatic heterocycles. The Morgan fingerprint density at radius 1 is 1.25 bits per heavy atom. The van der Waals surface area contributed by atoms with Crippen molar-refractivity contribution >= 4 is 5.97 Å². The molecule has 5 nitrogen and oxygen atoms in total. The van der Waals surface area contributed by atoms with Gasteiger partial charge < -0.3 is 14.7 Å². The van der Waals surface area contributed by atoms with Gasteiger partial charge in [0.2, 0.25) is 0 Å². The summed E-state index contributed by atoms with van der Waals surface area (Å²) in [4.78, 5) is 14.2. The largest absolute Gasteiger partial charge is 0.480 e. The number of rotatable bonds is 7. The molecule has 2 N–H and O–H groups in total.